The number of hydrogen-bond acceptors (Lipinski definition) is 1. The molecule has 0 aliphatic rings. The van der Waals surface area contributed by atoms with Crippen LogP contribution in [0.1, 0.15) is 34.6 Å². The molecule has 1 nitrogen and oxygen atoms in total. The van der Waals surface area contributed by atoms with Gasteiger partial charge in [-0.1, -0.05) is 26.8 Å². The van der Waals surface area contributed by atoms with Crippen molar-refractivity contribution in [3.8, 4) is 0 Å². The van der Waals surface area contributed by atoms with Gasteiger partial charge in [-0.05, 0) is 25.5 Å². The molecule has 1 atom stereocenters. The molecule has 0 aliphatic heterocycles. The standard InChI is InChI=1S/C10H21N/c1-7-8-11(6)9(2)10(3,4)5/h7-9H,1-6H3. The molecule has 0 saturated heterocycles. The number of nitrogens with zero attached hydrogens (tertiary/aromatic N) is 1. The Morgan fingerprint density at radius 3 is 2.00 bits per heavy atom. The smallest absolute Gasteiger partial charge is 0.0301 e. The Morgan fingerprint density at radius 2 is 1.73 bits per heavy atom. The van der Waals surface area contributed by atoms with Gasteiger partial charge in [0.2, 0.25) is 0 Å². The third-order valence-corrected chi connectivity index (χ3v) is 2.25. The van der Waals surface area contributed by atoms with E-state index in [-0.39, 0.29) is 0 Å². The van der Waals surface area contributed by atoms with Crippen LogP contribution in [0.4, 0.5) is 0 Å². The van der Waals surface area contributed by atoms with Crippen molar-refractivity contribution in [1.82, 2.24) is 4.90 Å². The lowest BCUT2D eigenvalue weighted by Gasteiger charge is -2.34. The van der Waals surface area contributed by atoms with Crippen LogP contribution in [0, 0.1) is 5.41 Å². The minimum absolute atomic E-state index is 0.355. The summed E-state index contributed by atoms with van der Waals surface area (Å²) in [6.45, 7) is 11.1. The first-order chi connectivity index (χ1) is 4.89. The van der Waals surface area contributed by atoms with Gasteiger partial charge in [-0.3, -0.25) is 0 Å². The van der Waals surface area contributed by atoms with Crippen molar-refractivity contribution in [1.29, 1.82) is 0 Å². The van der Waals surface area contributed by atoms with Crippen LogP contribution in [-0.2, 0) is 0 Å². The van der Waals surface area contributed by atoms with E-state index in [1.165, 1.54) is 0 Å². The van der Waals surface area contributed by atoms with Crippen LogP contribution in [0.25, 0.3) is 0 Å². The van der Waals surface area contributed by atoms with E-state index in [0.717, 1.165) is 0 Å². The lowest BCUT2D eigenvalue weighted by Crippen LogP contribution is -2.35. The van der Waals surface area contributed by atoms with Crippen LogP contribution in [0.5, 0.6) is 0 Å². The summed E-state index contributed by atoms with van der Waals surface area (Å²) >= 11 is 0. The first-order valence-electron chi connectivity index (χ1n) is 4.24. The van der Waals surface area contributed by atoms with E-state index in [4.69, 9.17) is 0 Å². The highest BCUT2D eigenvalue weighted by molar-refractivity contribution is 4.85. The Kier molecular flexibility index (Phi) is 3.64. The van der Waals surface area contributed by atoms with Gasteiger partial charge in [0.25, 0.3) is 0 Å². The molecule has 0 N–H and O–H groups in total. The fourth-order valence-corrected chi connectivity index (χ4v) is 0.975. The minimum atomic E-state index is 0.355. The van der Waals surface area contributed by atoms with Crippen LogP contribution in [0.15, 0.2) is 12.3 Å². The van der Waals surface area contributed by atoms with Gasteiger partial charge >= 0.3 is 0 Å². The van der Waals surface area contributed by atoms with Gasteiger partial charge in [-0.15, -0.1) is 0 Å². The fraction of sp³-hybridized carbons (Fsp3) is 0.800. The highest BCUT2D eigenvalue weighted by Gasteiger charge is 2.21. The maximum absolute atomic E-state index is 2.26. The molecule has 0 aromatic carbocycles. The zero-order chi connectivity index (χ0) is 9.07. The lowest BCUT2D eigenvalue weighted by atomic mass is 9.87. The Labute approximate surface area is 71.1 Å². The summed E-state index contributed by atoms with van der Waals surface area (Å²) in [5.74, 6) is 0. The second-order valence-electron chi connectivity index (χ2n) is 4.19. The number of hydrogen-bond donors (Lipinski definition) is 0. The van der Waals surface area contributed by atoms with Crippen molar-refractivity contribution >= 4 is 0 Å². The molecular formula is C10H21N. The van der Waals surface area contributed by atoms with Crippen molar-refractivity contribution in [2.75, 3.05) is 7.05 Å². The van der Waals surface area contributed by atoms with Gasteiger partial charge in [0, 0.05) is 13.1 Å². The predicted molar refractivity (Wildman–Crippen MR) is 51.5 cm³/mol. The fourth-order valence-electron chi connectivity index (χ4n) is 0.975. The van der Waals surface area contributed by atoms with Gasteiger partial charge < -0.3 is 4.90 Å². The molecule has 0 spiro atoms. The molecule has 1 unspecified atom stereocenters. The first-order valence-corrected chi connectivity index (χ1v) is 4.24. The van der Waals surface area contributed by atoms with Crippen molar-refractivity contribution < 1.29 is 0 Å². The van der Waals surface area contributed by atoms with Gasteiger partial charge in [-0.2, -0.15) is 0 Å². The molecule has 11 heavy (non-hydrogen) atoms. The average molecular weight is 155 g/mol. The predicted octanol–water partition coefficient (Wildman–Crippen LogP) is 2.89. The number of rotatable bonds is 2. The van der Waals surface area contributed by atoms with Crippen LogP contribution >= 0.6 is 0 Å². The molecule has 0 fully saturated rings. The quantitative estimate of drug-likeness (QED) is 0.592. The SMILES string of the molecule is CC=CN(C)C(C)C(C)(C)C. The monoisotopic (exact) mass is 155 g/mol. The van der Waals surface area contributed by atoms with Crippen LogP contribution in [0.3, 0.4) is 0 Å². The summed E-state index contributed by atoms with van der Waals surface area (Å²) in [4.78, 5) is 2.25. The molecule has 0 aliphatic carbocycles. The Balaban J connectivity index is 4.13. The average Bonchev–Trinajstić information content (AvgIpc) is 1.85. The van der Waals surface area contributed by atoms with Gasteiger partial charge in [0.05, 0.1) is 0 Å². The van der Waals surface area contributed by atoms with Gasteiger partial charge in [0.15, 0.2) is 0 Å². The van der Waals surface area contributed by atoms with E-state index in [2.05, 4.69) is 51.9 Å². The van der Waals surface area contributed by atoms with Gasteiger partial charge in [-0.25, -0.2) is 0 Å². The third kappa shape index (κ3) is 3.45. The first kappa shape index (κ1) is 10.5. The Morgan fingerprint density at radius 1 is 1.27 bits per heavy atom. The van der Waals surface area contributed by atoms with E-state index >= 15 is 0 Å². The maximum Gasteiger partial charge on any atom is 0.0301 e. The van der Waals surface area contributed by atoms with Crippen molar-refractivity contribution in [3.63, 3.8) is 0 Å². The summed E-state index contributed by atoms with van der Waals surface area (Å²) in [6.07, 6.45) is 4.19. The molecule has 0 bridgehead atoms. The zero-order valence-electron chi connectivity index (χ0n) is 8.68. The zero-order valence-corrected chi connectivity index (χ0v) is 8.68. The van der Waals surface area contributed by atoms with E-state index in [0.29, 0.717) is 11.5 Å². The minimum Gasteiger partial charge on any atom is -0.377 e. The largest absolute Gasteiger partial charge is 0.377 e. The van der Waals surface area contributed by atoms with Gasteiger partial charge in [0.1, 0.15) is 0 Å². The lowest BCUT2D eigenvalue weighted by molar-refractivity contribution is 0.189. The van der Waals surface area contributed by atoms with E-state index in [1.807, 2.05) is 6.92 Å². The van der Waals surface area contributed by atoms with Crippen molar-refractivity contribution in [3.05, 3.63) is 12.3 Å². The molecule has 0 rings (SSSR count). The molecule has 0 aromatic heterocycles. The summed E-state index contributed by atoms with van der Waals surface area (Å²) < 4.78 is 0. The summed E-state index contributed by atoms with van der Waals surface area (Å²) in [7, 11) is 2.12. The highest BCUT2D eigenvalue weighted by atomic mass is 15.1. The van der Waals surface area contributed by atoms with E-state index < -0.39 is 0 Å². The molecule has 0 saturated carbocycles. The molecule has 0 heterocycles. The second kappa shape index (κ2) is 3.80. The summed E-state index contributed by atoms with van der Waals surface area (Å²) in [6, 6.07) is 0.582. The normalized spacial score (nSPS) is 15.5. The molecule has 1 heteroatoms. The molecular weight excluding hydrogens is 134 g/mol. The Hall–Kier alpha value is -0.460. The van der Waals surface area contributed by atoms with Crippen LogP contribution < -0.4 is 0 Å². The van der Waals surface area contributed by atoms with Crippen LogP contribution in [0.2, 0.25) is 0 Å². The summed E-state index contributed by atoms with van der Waals surface area (Å²) in [5, 5.41) is 0. The molecule has 66 valence electrons. The number of allylic oxidation sites excluding steroid dienone is 1. The topological polar surface area (TPSA) is 3.24 Å². The van der Waals surface area contributed by atoms with E-state index in [9.17, 15) is 0 Å². The van der Waals surface area contributed by atoms with Crippen molar-refractivity contribution in [2.24, 2.45) is 5.41 Å². The van der Waals surface area contributed by atoms with Crippen LogP contribution in [-0.4, -0.2) is 18.0 Å². The molecule has 0 amide bonds. The Bertz CT molecular complexity index is 130. The third-order valence-electron chi connectivity index (χ3n) is 2.25. The summed E-state index contributed by atoms with van der Waals surface area (Å²) in [5.41, 5.74) is 0.355. The van der Waals surface area contributed by atoms with Crippen molar-refractivity contribution in [2.45, 2.75) is 40.7 Å². The molecule has 0 aromatic rings. The molecule has 0 radical (unpaired) electrons. The second-order valence-corrected chi connectivity index (χ2v) is 4.19. The maximum atomic E-state index is 2.26. The van der Waals surface area contributed by atoms with E-state index in [1.54, 1.807) is 0 Å². The highest BCUT2D eigenvalue weighted by Crippen LogP contribution is 2.22.